The van der Waals surface area contributed by atoms with Gasteiger partial charge in [-0.2, -0.15) is 0 Å². The largest absolute Gasteiger partial charge is 0.490 e. The second kappa shape index (κ2) is 9.31. The third-order valence-electron chi connectivity index (χ3n) is 4.32. The molecule has 26 heavy (non-hydrogen) atoms. The Balaban J connectivity index is 2.29. The summed E-state index contributed by atoms with van der Waals surface area (Å²) in [5.41, 5.74) is 0.358. The van der Waals surface area contributed by atoms with E-state index in [0.29, 0.717) is 55.5 Å². The van der Waals surface area contributed by atoms with Crippen molar-refractivity contribution in [3.05, 3.63) is 17.7 Å². The van der Waals surface area contributed by atoms with Gasteiger partial charge < -0.3 is 24.6 Å². The SMILES string of the molecule is CCOc1cc(C(=O)N[C@@H]2CCC[C@@H]2C(=O)O)cc(OCC)c1OCC. The van der Waals surface area contributed by atoms with E-state index in [-0.39, 0.29) is 11.9 Å². The molecule has 0 radical (unpaired) electrons. The van der Waals surface area contributed by atoms with Gasteiger partial charge in [0.05, 0.1) is 25.7 Å². The van der Waals surface area contributed by atoms with Crippen LogP contribution in [0.15, 0.2) is 12.1 Å². The predicted octanol–water partition coefficient (Wildman–Crippen LogP) is 2.87. The minimum absolute atomic E-state index is 0.340. The van der Waals surface area contributed by atoms with Crippen molar-refractivity contribution < 1.29 is 28.9 Å². The van der Waals surface area contributed by atoms with E-state index in [9.17, 15) is 14.7 Å². The molecule has 1 amide bonds. The van der Waals surface area contributed by atoms with E-state index in [1.165, 1.54) is 0 Å². The van der Waals surface area contributed by atoms with Gasteiger partial charge >= 0.3 is 5.97 Å². The maximum atomic E-state index is 12.7. The highest BCUT2D eigenvalue weighted by Crippen LogP contribution is 2.39. The lowest BCUT2D eigenvalue weighted by Gasteiger charge is -2.20. The van der Waals surface area contributed by atoms with Gasteiger partial charge in [-0.15, -0.1) is 0 Å². The molecule has 2 rings (SSSR count). The van der Waals surface area contributed by atoms with Gasteiger partial charge in [-0.3, -0.25) is 9.59 Å². The molecule has 0 aromatic heterocycles. The Kier molecular flexibility index (Phi) is 7.12. The second-order valence-corrected chi connectivity index (χ2v) is 6.06. The molecule has 0 saturated heterocycles. The molecule has 2 N–H and O–H groups in total. The van der Waals surface area contributed by atoms with Gasteiger partial charge in [-0.25, -0.2) is 0 Å². The number of carbonyl (C=O) groups excluding carboxylic acids is 1. The molecule has 0 bridgehead atoms. The number of rotatable bonds is 9. The summed E-state index contributed by atoms with van der Waals surface area (Å²) in [4.78, 5) is 24.0. The summed E-state index contributed by atoms with van der Waals surface area (Å²) >= 11 is 0. The summed E-state index contributed by atoms with van der Waals surface area (Å²) in [6.45, 7) is 6.82. The van der Waals surface area contributed by atoms with E-state index in [1.54, 1.807) is 12.1 Å². The Morgan fingerprint density at radius 1 is 1.04 bits per heavy atom. The van der Waals surface area contributed by atoms with E-state index >= 15 is 0 Å². The zero-order valence-electron chi connectivity index (χ0n) is 15.5. The first-order valence-electron chi connectivity index (χ1n) is 9.11. The Morgan fingerprint density at radius 3 is 2.12 bits per heavy atom. The number of carboxylic acids is 1. The summed E-state index contributed by atoms with van der Waals surface area (Å²) < 4.78 is 16.9. The molecule has 1 saturated carbocycles. The number of hydrogen-bond donors (Lipinski definition) is 2. The average Bonchev–Trinajstić information content (AvgIpc) is 3.06. The molecule has 7 heteroatoms. The lowest BCUT2D eigenvalue weighted by molar-refractivity contribution is -0.142. The van der Waals surface area contributed by atoms with Crippen LogP contribution in [0.25, 0.3) is 0 Å². The zero-order valence-corrected chi connectivity index (χ0v) is 15.5. The van der Waals surface area contributed by atoms with E-state index in [0.717, 1.165) is 6.42 Å². The number of amides is 1. The second-order valence-electron chi connectivity index (χ2n) is 6.06. The summed E-state index contributed by atoms with van der Waals surface area (Å²) in [5.74, 6) is -0.410. The highest BCUT2D eigenvalue weighted by atomic mass is 16.5. The van der Waals surface area contributed by atoms with E-state index in [4.69, 9.17) is 14.2 Å². The third-order valence-corrected chi connectivity index (χ3v) is 4.32. The number of ether oxygens (including phenoxy) is 3. The van der Waals surface area contributed by atoms with Crippen LogP contribution in [0, 0.1) is 5.92 Å². The Bertz CT molecular complexity index is 618. The fourth-order valence-electron chi connectivity index (χ4n) is 3.20. The van der Waals surface area contributed by atoms with Gasteiger partial charge in [0.2, 0.25) is 5.75 Å². The molecule has 144 valence electrons. The molecular formula is C19H27NO6. The molecule has 0 heterocycles. The van der Waals surface area contributed by atoms with Crippen molar-refractivity contribution in [3.8, 4) is 17.2 Å². The first-order valence-corrected chi connectivity index (χ1v) is 9.11. The minimum Gasteiger partial charge on any atom is -0.490 e. The molecule has 0 spiro atoms. The van der Waals surface area contributed by atoms with Crippen LogP contribution >= 0.6 is 0 Å². The molecule has 2 atom stereocenters. The molecule has 0 unspecified atom stereocenters. The maximum absolute atomic E-state index is 12.7. The van der Waals surface area contributed by atoms with Gasteiger partial charge in [0.1, 0.15) is 0 Å². The van der Waals surface area contributed by atoms with Crippen molar-refractivity contribution in [3.63, 3.8) is 0 Å². The molecule has 1 aliphatic rings. The lowest BCUT2D eigenvalue weighted by atomic mass is 10.0. The summed E-state index contributed by atoms with van der Waals surface area (Å²) in [6.07, 6.45) is 2.04. The summed E-state index contributed by atoms with van der Waals surface area (Å²) in [7, 11) is 0. The van der Waals surface area contributed by atoms with Crippen LogP contribution < -0.4 is 19.5 Å². The third kappa shape index (κ3) is 4.59. The summed E-state index contributed by atoms with van der Waals surface area (Å²) in [6, 6.07) is 2.85. The van der Waals surface area contributed by atoms with Crippen LogP contribution in [0.2, 0.25) is 0 Å². The highest BCUT2D eigenvalue weighted by molar-refractivity contribution is 5.96. The van der Waals surface area contributed by atoms with Crippen molar-refractivity contribution in [2.45, 2.75) is 46.1 Å². The van der Waals surface area contributed by atoms with Crippen molar-refractivity contribution in [1.29, 1.82) is 0 Å². The first kappa shape index (κ1) is 19.9. The minimum atomic E-state index is -0.871. The van der Waals surface area contributed by atoms with Crippen LogP contribution in [0.3, 0.4) is 0 Å². The van der Waals surface area contributed by atoms with Crippen LogP contribution in [-0.2, 0) is 4.79 Å². The zero-order chi connectivity index (χ0) is 19.1. The molecule has 1 aromatic rings. The topological polar surface area (TPSA) is 94.1 Å². The van der Waals surface area contributed by atoms with Crippen molar-refractivity contribution in [2.75, 3.05) is 19.8 Å². The Hall–Kier alpha value is -2.44. The van der Waals surface area contributed by atoms with Gasteiger partial charge in [0.15, 0.2) is 11.5 Å². The summed E-state index contributed by atoms with van der Waals surface area (Å²) in [5, 5.41) is 12.1. The molecule has 1 aliphatic carbocycles. The lowest BCUT2D eigenvalue weighted by Crippen LogP contribution is -2.40. The number of carboxylic acid groups (broad SMARTS) is 1. The Labute approximate surface area is 153 Å². The van der Waals surface area contributed by atoms with Crippen molar-refractivity contribution >= 4 is 11.9 Å². The van der Waals surface area contributed by atoms with Crippen molar-refractivity contribution in [2.24, 2.45) is 5.92 Å². The van der Waals surface area contributed by atoms with Crippen molar-refractivity contribution in [1.82, 2.24) is 5.32 Å². The van der Waals surface area contributed by atoms with E-state index in [2.05, 4.69) is 5.32 Å². The van der Waals surface area contributed by atoms with Gasteiger partial charge in [0.25, 0.3) is 5.91 Å². The molecule has 7 nitrogen and oxygen atoms in total. The fourth-order valence-corrected chi connectivity index (χ4v) is 3.20. The monoisotopic (exact) mass is 365 g/mol. The molecule has 0 aliphatic heterocycles. The number of hydrogen-bond acceptors (Lipinski definition) is 5. The molecule has 1 fully saturated rings. The number of nitrogens with one attached hydrogen (secondary N) is 1. The van der Waals surface area contributed by atoms with Gasteiger partial charge in [-0.05, 0) is 45.7 Å². The number of benzene rings is 1. The molecular weight excluding hydrogens is 338 g/mol. The standard InChI is InChI=1S/C19H27NO6/c1-4-24-15-10-12(11-16(25-5-2)17(15)26-6-3)18(21)20-14-9-7-8-13(14)19(22)23/h10-11,13-14H,4-9H2,1-3H3,(H,20,21)(H,22,23)/t13-,14+/m0/s1. The number of carbonyl (C=O) groups is 2. The highest BCUT2D eigenvalue weighted by Gasteiger charge is 2.34. The smallest absolute Gasteiger partial charge is 0.308 e. The first-order chi connectivity index (χ1) is 12.5. The quantitative estimate of drug-likeness (QED) is 0.699. The average molecular weight is 365 g/mol. The molecule has 1 aromatic carbocycles. The van der Waals surface area contributed by atoms with Crippen LogP contribution in [0.4, 0.5) is 0 Å². The van der Waals surface area contributed by atoms with E-state index < -0.39 is 11.9 Å². The van der Waals surface area contributed by atoms with Crippen LogP contribution in [0.5, 0.6) is 17.2 Å². The van der Waals surface area contributed by atoms with Crippen LogP contribution in [0.1, 0.15) is 50.4 Å². The van der Waals surface area contributed by atoms with Crippen LogP contribution in [-0.4, -0.2) is 42.8 Å². The Morgan fingerprint density at radius 2 is 1.62 bits per heavy atom. The normalized spacial score (nSPS) is 19.0. The number of aliphatic carboxylic acids is 1. The van der Waals surface area contributed by atoms with E-state index in [1.807, 2.05) is 20.8 Å². The predicted molar refractivity (Wildman–Crippen MR) is 96.2 cm³/mol. The van der Waals surface area contributed by atoms with Gasteiger partial charge in [-0.1, -0.05) is 6.42 Å². The fraction of sp³-hybridized carbons (Fsp3) is 0.579. The maximum Gasteiger partial charge on any atom is 0.308 e. The van der Waals surface area contributed by atoms with Gasteiger partial charge in [0, 0.05) is 11.6 Å².